The molecule has 0 aliphatic carbocycles. The standard InChI is InChI=1S/C14H8Cl3NO/c15-11-5-12(16)14(13(17)6-11)19-8-10-3-1-2-9(4-10)7-18/h1-6H,8H2. The molecule has 96 valence electrons. The monoisotopic (exact) mass is 311 g/mol. The molecule has 2 nitrogen and oxygen atoms in total. The molecule has 0 spiro atoms. The highest BCUT2D eigenvalue weighted by atomic mass is 35.5. The summed E-state index contributed by atoms with van der Waals surface area (Å²) in [5.41, 5.74) is 1.44. The van der Waals surface area contributed by atoms with Gasteiger partial charge in [-0.3, -0.25) is 0 Å². The van der Waals surface area contributed by atoms with Crippen molar-refractivity contribution in [2.75, 3.05) is 0 Å². The molecular formula is C14H8Cl3NO. The van der Waals surface area contributed by atoms with Gasteiger partial charge in [0.05, 0.1) is 21.7 Å². The van der Waals surface area contributed by atoms with Crippen molar-refractivity contribution in [3.05, 3.63) is 62.6 Å². The normalized spacial score (nSPS) is 10.0. The van der Waals surface area contributed by atoms with Crippen LogP contribution in [0.3, 0.4) is 0 Å². The molecule has 0 aromatic heterocycles. The Balaban J connectivity index is 2.17. The summed E-state index contributed by atoms with van der Waals surface area (Å²) in [5.74, 6) is 0.384. The first kappa shape index (κ1) is 14.0. The molecule has 0 atom stereocenters. The predicted octanol–water partition coefficient (Wildman–Crippen LogP) is 5.10. The predicted molar refractivity (Wildman–Crippen MR) is 77.0 cm³/mol. The molecule has 0 aliphatic heterocycles. The van der Waals surface area contributed by atoms with Gasteiger partial charge in [-0.25, -0.2) is 0 Å². The first-order valence-corrected chi connectivity index (χ1v) is 6.50. The second-order valence-electron chi connectivity index (χ2n) is 3.80. The first-order valence-electron chi connectivity index (χ1n) is 5.36. The molecule has 0 bridgehead atoms. The van der Waals surface area contributed by atoms with E-state index < -0.39 is 0 Å². The zero-order chi connectivity index (χ0) is 13.8. The highest BCUT2D eigenvalue weighted by Gasteiger charge is 2.09. The Kier molecular flexibility index (Phi) is 4.55. The maximum absolute atomic E-state index is 8.82. The number of ether oxygens (including phenoxy) is 1. The second-order valence-corrected chi connectivity index (χ2v) is 5.05. The lowest BCUT2D eigenvalue weighted by Gasteiger charge is -2.10. The van der Waals surface area contributed by atoms with Gasteiger partial charge in [0.1, 0.15) is 6.61 Å². The van der Waals surface area contributed by atoms with Gasteiger partial charge in [-0.2, -0.15) is 5.26 Å². The van der Waals surface area contributed by atoms with Gasteiger partial charge >= 0.3 is 0 Å². The van der Waals surface area contributed by atoms with Gasteiger partial charge in [-0.05, 0) is 29.8 Å². The van der Waals surface area contributed by atoms with Crippen molar-refractivity contribution < 1.29 is 4.74 Å². The van der Waals surface area contributed by atoms with E-state index in [-0.39, 0.29) is 6.61 Å². The number of hydrogen-bond donors (Lipinski definition) is 0. The van der Waals surface area contributed by atoms with Gasteiger partial charge in [0.2, 0.25) is 0 Å². The van der Waals surface area contributed by atoms with Crippen molar-refractivity contribution in [1.29, 1.82) is 5.26 Å². The van der Waals surface area contributed by atoms with Crippen LogP contribution in [0.1, 0.15) is 11.1 Å². The Bertz CT molecular complexity index is 626. The van der Waals surface area contributed by atoms with E-state index in [2.05, 4.69) is 6.07 Å². The van der Waals surface area contributed by atoms with E-state index in [1.807, 2.05) is 6.07 Å². The largest absolute Gasteiger partial charge is 0.486 e. The number of benzene rings is 2. The third kappa shape index (κ3) is 3.54. The van der Waals surface area contributed by atoms with Crippen LogP contribution in [0.5, 0.6) is 5.75 Å². The summed E-state index contributed by atoms with van der Waals surface area (Å²) in [4.78, 5) is 0. The fourth-order valence-corrected chi connectivity index (χ4v) is 2.48. The maximum Gasteiger partial charge on any atom is 0.157 e. The van der Waals surface area contributed by atoms with E-state index in [4.69, 9.17) is 44.8 Å². The van der Waals surface area contributed by atoms with Crippen LogP contribution >= 0.6 is 34.8 Å². The van der Waals surface area contributed by atoms with Gasteiger partial charge in [0, 0.05) is 5.02 Å². The molecule has 2 rings (SSSR count). The molecule has 0 N–H and O–H groups in total. The third-order valence-electron chi connectivity index (χ3n) is 2.40. The maximum atomic E-state index is 8.82. The Morgan fingerprint density at radius 1 is 1.05 bits per heavy atom. The van der Waals surface area contributed by atoms with Crippen molar-refractivity contribution in [1.82, 2.24) is 0 Å². The summed E-state index contributed by atoms with van der Waals surface area (Å²) >= 11 is 17.8. The van der Waals surface area contributed by atoms with Crippen LogP contribution in [-0.4, -0.2) is 0 Å². The lowest BCUT2D eigenvalue weighted by molar-refractivity contribution is 0.306. The van der Waals surface area contributed by atoms with Gasteiger partial charge in [0.25, 0.3) is 0 Å². The van der Waals surface area contributed by atoms with Crippen LogP contribution in [0.25, 0.3) is 0 Å². The van der Waals surface area contributed by atoms with E-state index in [1.54, 1.807) is 30.3 Å². The van der Waals surface area contributed by atoms with Crippen LogP contribution in [0.4, 0.5) is 0 Å². The molecule has 2 aromatic rings. The van der Waals surface area contributed by atoms with Crippen LogP contribution in [0.15, 0.2) is 36.4 Å². The number of nitrogens with zero attached hydrogens (tertiary/aromatic N) is 1. The van der Waals surface area contributed by atoms with Gasteiger partial charge < -0.3 is 4.74 Å². The second kappa shape index (κ2) is 6.16. The molecule has 0 saturated carbocycles. The molecule has 2 aromatic carbocycles. The Morgan fingerprint density at radius 2 is 1.74 bits per heavy atom. The van der Waals surface area contributed by atoms with Gasteiger partial charge in [-0.1, -0.05) is 46.9 Å². The highest BCUT2D eigenvalue weighted by molar-refractivity contribution is 6.40. The minimum Gasteiger partial charge on any atom is -0.486 e. The molecule has 0 fully saturated rings. The third-order valence-corrected chi connectivity index (χ3v) is 3.18. The zero-order valence-corrected chi connectivity index (χ0v) is 11.9. The Labute approximate surface area is 126 Å². The SMILES string of the molecule is N#Cc1cccc(COc2c(Cl)cc(Cl)cc2Cl)c1. The first-order chi connectivity index (χ1) is 9.10. The molecule has 0 radical (unpaired) electrons. The minimum absolute atomic E-state index is 0.274. The average Bonchev–Trinajstić information content (AvgIpc) is 2.37. The fourth-order valence-electron chi connectivity index (χ4n) is 1.55. The summed E-state index contributed by atoms with van der Waals surface area (Å²) < 4.78 is 5.58. The van der Waals surface area contributed by atoms with Crippen LogP contribution in [-0.2, 0) is 6.61 Å². The summed E-state index contributed by atoms with van der Waals surface area (Å²) in [6.07, 6.45) is 0. The lowest BCUT2D eigenvalue weighted by Crippen LogP contribution is -1.97. The average molecular weight is 313 g/mol. The number of halogens is 3. The van der Waals surface area contributed by atoms with Crippen molar-refractivity contribution in [3.63, 3.8) is 0 Å². The van der Waals surface area contributed by atoms with Crippen molar-refractivity contribution in [3.8, 4) is 11.8 Å². The van der Waals surface area contributed by atoms with E-state index in [0.717, 1.165) is 5.56 Å². The number of rotatable bonds is 3. The van der Waals surface area contributed by atoms with Crippen LogP contribution < -0.4 is 4.74 Å². The van der Waals surface area contributed by atoms with E-state index in [9.17, 15) is 0 Å². The summed E-state index contributed by atoms with van der Waals surface area (Å²) in [6, 6.07) is 12.3. The van der Waals surface area contributed by atoms with Gasteiger partial charge in [-0.15, -0.1) is 0 Å². The quantitative estimate of drug-likeness (QED) is 0.790. The summed E-state index contributed by atoms with van der Waals surface area (Å²) in [7, 11) is 0. The van der Waals surface area contributed by atoms with Crippen LogP contribution in [0, 0.1) is 11.3 Å². The molecule has 0 saturated heterocycles. The topological polar surface area (TPSA) is 33.0 Å². The molecule has 0 unspecified atom stereocenters. The Morgan fingerprint density at radius 3 is 2.37 bits per heavy atom. The lowest BCUT2D eigenvalue weighted by atomic mass is 10.1. The summed E-state index contributed by atoms with van der Waals surface area (Å²) in [5, 5.41) is 9.98. The molecule has 0 amide bonds. The van der Waals surface area contributed by atoms with Crippen molar-refractivity contribution >= 4 is 34.8 Å². The molecule has 19 heavy (non-hydrogen) atoms. The number of nitriles is 1. The molecular weight excluding hydrogens is 305 g/mol. The number of hydrogen-bond acceptors (Lipinski definition) is 2. The van der Waals surface area contributed by atoms with Crippen molar-refractivity contribution in [2.24, 2.45) is 0 Å². The summed E-state index contributed by atoms with van der Waals surface area (Å²) in [6.45, 7) is 0.274. The highest BCUT2D eigenvalue weighted by Crippen LogP contribution is 2.36. The van der Waals surface area contributed by atoms with Crippen molar-refractivity contribution in [2.45, 2.75) is 6.61 Å². The molecule has 5 heteroatoms. The molecule has 0 aliphatic rings. The molecule has 0 heterocycles. The Hall–Kier alpha value is -1.40. The van der Waals surface area contributed by atoms with E-state index in [1.165, 1.54) is 0 Å². The minimum atomic E-state index is 0.274. The van der Waals surface area contributed by atoms with E-state index in [0.29, 0.717) is 26.4 Å². The van der Waals surface area contributed by atoms with Crippen LogP contribution in [0.2, 0.25) is 15.1 Å². The zero-order valence-electron chi connectivity index (χ0n) is 9.66. The van der Waals surface area contributed by atoms with E-state index >= 15 is 0 Å². The van der Waals surface area contributed by atoms with Gasteiger partial charge in [0.15, 0.2) is 5.75 Å². The fraction of sp³-hybridized carbons (Fsp3) is 0.0714. The smallest absolute Gasteiger partial charge is 0.157 e.